The van der Waals surface area contributed by atoms with Gasteiger partial charge in [0.15, 0.2) is 0 Å². The number of carbonyl (C=O) groups excluding carboxylic acids is 1. The lowest BCUT2D eigenvalue weighted by atomic mass is 10.1. The number of amides is 1. The van der Waals surface area contributed by atoms with E-state index in [1.54, 1.807) is 0 Å². The number of fused-ring (bicyclic) bond motifs is 1. The number of hydrogen-bond donors (Lipinski definition) is 2. The van der Waals surface area contributed by atoms with Gasteiger partial charge in [-0.2, -0.15) is 0 Å². The summed E-state index contributed by atoms with van der Waals surface area (Å²) in [4.78, 5) is 22.3. The summed E-state index contributed by atoms with van der Waals surface area (Å²) in [5.74, 6) is -0.00376. The molecule has 4 rings (SSSR count). The van der Waals surface area contributed by atoms with Crippen LogP contribution in [0.3, 0.4) is 0 Å². The van der Waals surface area contributed by atoms with E-state index in [0.29, 0.717) is 6.54 Å². The van der Waals surface area contributed by atoms with Gasteiger partial charge >= 0.3 is 0 Å². The minimum absolute atomic E-state index is 0.00376. The van der Waals surface area contributed by atoms with E-state index >= 15 is 0 Å². The van der Waals surface area contributed by atoms with Crippen LogP contribution in [0, 0.1) is 0 Å². The summed E-state index contributed by atoms with van der Waals surface area (Å²) in [6.07, 6.45) is 6.81. The standard InChI is InChI=1S/C24H26N4O/c1-3-28(4-2)23-8-6-5-7-17(23)9-10-19-15-18(11-13-25-19)22-16-20-21(27-22)12-14-26-24(20)29/h5-11,13,15-16,27H,3-4,12,14H2,1-2H3,(H,26,29)/b10-9+. The monoisotopic (exact) mass is 386 g/mol. The highest BCUT2D eigenvalue weighted by Crippen LogP contribution is 2.26. The van der Waals surface area contributed by atoms with E-state index in [2.05, 4.69) is 64.4 Å². The fourth-order valence-corrected chi connectivity index (χ4v) is 3.81. The maximum absolute atomic E-state index is 12.0. The van der Waals surface area contributed by atoms with Gasteiger partial charge in [-0.05, 0) is 49.8 Å². The molecule has 0 unspecified atom stereocenters. The molecule has 148 valence electrons. The summed E-state index contributed by atoms with van der Waals surface area (Å²) in [7, 11) is 0. The number of nitrogens with one attached hydrogen (secondary N) is 2. The van der Waals surface area contributed by atoms with Crippen LogP contribution in [-0.4, -0.2) is 35.5 Å². The molecule has 1 aromatic carbocycles. The molecule has 0 spiro atoms. The Bertz CT molecular complexity index is 1050. The van der Waals surface area contributed by atoms with Crippen LogP contribution in [-0.2, 0) is 6.42 Å². The molecule has 0 atom stereocenters. The molecule has 0 saturated heterocycles. The lowest BCUT2D eigenvalue weighted by Gasteiger charge is -2.23. The second-order valence-electron chi connectivity index (χ2n) is 7.11. The third-order valence-electron chi connectivity index (χ3n) is 5.37. The van der Waals surface area contributed by atoms with Gasteiger partial charge in [-0.3, -0.25) is 9.78 Å². The van der Waals surface area contributed by atoms with Crippen LogP contribution in [0.15, 0.2) is 48.7 Å². The zero-order chi connectivity index (χ0) is 20.2. The zero-order valence-corrected chi connectivity index (χ0v) is 16.9. The van der Waals surface area contributed by atoms with Crippen molar-refractivity contribution in [1.82, 2.24) is 15.3 Å². The molecule has 2 aromatic heterocycles. The SMILES string of the molecule is CCN(CC)c1ccccc1/C=C/c1cc(-c2cc3c([nH]2)CCNC3=O)ccn1. The fourth-order valence-electron chi connectivity index (χ4n) is 3.81. The van der Waals surface area contributed by atoms with Crippen molar-refractivity contribution in [2.45, 2.75) is 20.3 Å². The third kappa shape index (κ3) is 3.94. The number of nitrogens with zero attached hydrogens (tertiary/aromatic N) is 2. The van der Waals surface area contributed by atoms with E-state index in [-0.39, 0.29) is 5.91 Å². The number of pyridine rings is 1. The van der Waals surface area contributed by atoms with Crippen LogP contribution in [0.5, 0.6) is 0 Å². The topological polar surface area (TPSA) is 61.0 Å². The molecule has 0 radical (unpaired) electrons. The van der Waals surface area contributed by atoms with E-state index < -0.39 is 0 Å². The first kappa shape index (κ1) is 19.0. The molecular formula is C24H26N4O. The van der Waals surface area contributed by atoms with Crippen molar-refractivity contribution in [2.75, 3.05) is 24.5 Å². The van der Waals surface area contributed by atoms with Gasteiger partial charge in [-0.15, -0.1) is 0 Å². The van der Waals surface area contributed by atoms with Gasteiger partial charge in [0.1, 0.15) is 0 Å². The van der Waals surface area contributed by atoms with Crippen LogP contribution in [0.25, 0.3) is 23.4 Å². The van der Waals surface area contributed by atoms with Crippen molar-refractivity contribution < 1.29 is 4.79 Å². The second kappa shape index (κ2) is 8.35. The Morgan fingerprint density at radius 2 is 1.93 bits per heavy atom. The Morgan fingerprint density at radius 3 is 2.72 bits per heavy atom. The summed E-state index contributed by atoms with van der Waals surface area (Å²) >= 11 is 0. The number of hydrogen-bond acceptors (Lipinski definition) is 3. The summed E-state index contributed by atoms with van der Waals surface area (Å²) in [5.41, 5.74) is 7.02. The minimum atomic E-state index is -0.00376. The van der Waals surface area contributed by atoms with Crippen molar-refractivity contribution in [3.05, 3.63) is 71.2 Å². The van der Waals surface area contributed by atoms with Crippen molar-refractivity contribution in [3.63, 3.8) is 0 Å². The minimum Gasteiger partial charge on any atom is -0.372 e. The largest absolute Gasteiger partial charge is 0.372 e. The maximum atomic E-state index is 12.0. The molecule has 1 aliphatic heterocycles. The highest BCUT2D eigenvalue weighted by Gasteiger charge is 2.19. The molecule has 0 saturated carbocycles. The molecule has 0 aliphatic carbocycles. The van der Waals surface area contributed by atoms with Crippen molar-refractivity contribution in [1.29, 1.82) is 0 Å². The van der Waals surface area contributed by atoms with Gasteiger partial charge in [-0.1, -0.05) is 24.3 Å². The van der Waals surface area contributed by atoms with Crippen LogP contribution in [0.1, 0.15) is 41.2 Å². The van der Waals surface area contributed by atoms with Crippen LogP contribution in [0.2, 0.25) is 0 Å². The Hall–Kier alpha value is -3.34. The zero-order valence-electron chi connectivity index (χ0n) is 16.9. The molecule has 0 fully saturated rings. The van der Waals surface area contributed by atoms with Gasteiger partial charge in [0.2, 0.25) is 0 Å². The third-order valence-corrected chi connectivity index (χ3v) is 5.37. The van der Waals surface area contributed by atoms with Gasteiger partial charge in [0.25, 0.3) is 5.91 Å². The van der Waals surface area contributed by atoms with Gasteiger partial charge in [0, 0.05) is 54.9 Å². The molecule has 0 bridgehead atoms. The Kier molecular flexibility index (Phi) is 5.47. The average Bonchev–Trinajstić information content (AvgIpc) is 3.20. The second-order valence-corrected chi connectivity index (χ2v) is 7.11. The smallest absolute Gasteiger partial charge is 0.253 e. The highest BCUT2D eigenvalue weighted by atomic mass is 16.1. The summed E-state index contributed by atoms with van der Waals surface area (Å²) in [6, 6.07) is 14.4. The van der Waals surface area contributed by atoms with Gasteiger partial charge in [0.05, 0.1) is 11.3 Å². The number of aromatic nitrogens is 2. The number of para-hydroxylation sites is 1. The van der Waals surface area contributed by atoms with Gasteiger partial charge in [-0.25, -0.2) is 0 Å². The highest BCUT2D eigenvalue weighted by molar-refractivity contribution is 5.97. The van der Waals surface area contributed by atoms with Crippen LogP contribution in [0.4, 0.5) is 5.69 Å². The number of rotatable bonds is 6. The average molecular weight is 386 g/mol. The number of carbonyl (C=O) groups is 1. The molecule has 1 amide bonds. The lowest BCUT2D eigenvalue weighted by Crippen LogP contribution is -2.31. The summed E-state index contributed by atoms with van der Waals surface area (Å²) in [6.45, 7) is 6.97. The van der Waals surface area contributed by atoms with Crippen molar-refractivity contribution >= 4 is 23.7 Å². The first-order valence-electron chi connectivity index (χ1n) is 10.2. The number of H-pyrrole nitrogens is 1. The predicted octanol–water partition coefficient (Wildman–Crippen LogP) is 4.38. The molecule has 3 heterocycles. The van der Waals surface area contributed by atoms with Gasteiger partial charge < -0.3 is 15.2 Å². The Balaban J connectivity index is 1.62. The van der Waals surface area contributed by atoms with Crippen molar-refractivity contribution in [2.24, 2.45) is 0 Å². The number of benzene rings is 1. The van der Waals surface area contributed by atoms with E-state index in [4.69, 9.17) is 0 Å². The maximum Gasteiger partial charge on any atom is 0.253 e. The molecule has 5 heteroatoms. The molecular weight excluding hydrogens is 360 g/mol. The number of anilines is 1. The predicted molar refractivity (Wildman–Crippen MR) is 119 cm³/mol. The van der Waals surface area contributed by atoms with Crippen molar-refractivity contribution in [3.8, 4) is 11.3 Å². The normalized spacial score (nSPS) is 13.4. The Labute approximate surface area is 171 Å². The molecule has 5 nitrogen and oxygen atoms in total. The van der Waals surface area contributed by atoms with E-state index in [0.717, 1.165) is 47.7 Å². The summed E-state index contributed by atoms with van der Waals surface area (Å²) in [5, 5.41) is 2.89. The van der Waals surface area contributed by atoms with Crippen LogP contribution < -0.4 is 10.2 Å². The summed E-state index contributed by atoms with van der Waals surface area (Å²) < 4.78 is 0. The van der Waals surface area contributed by atoms with E-state index in [1.165, 1.54) is 11.3 Å². The molecule has 2 N–H and O–H groups in total. The first-order valence-corrected chi connectivity index (χ1v) is 10.2. The molecule has 3 aromatic rings. The van der Waals surface area contributed by atoms with E-state index in [9.17, 15) is 4.79 Å². The quantitative estimate of drug-likeness (QED) is 0.661. The number of aromatic amines is 1. The lowest BCUT2D eigenvalue weighted by molar-refractivity contribution is 0.0946. The Morgan fingerprint density at radius 1 is 1.10 bits per heavy atom. The van der Waals surface area contributed by atoms with Crippen LogP contribution >= 0.6 is 0 Å². The first-order chi connectivity index (χ1) is 14.2. The van der Waals surface area contributed by atoms with E-state index in [1.807, 2.05) is 30.5 Å². The molecule has 29 heavy (non-hydrogen) atoms. The molecule has 1 aliphatic rings. The fraction of sp³-hybridized carbons (Fsp3) is 0.250.